The molecule has 2 atom stereocenters. The lowest BCUT2D eigenvalue weighted by Crippen LogP contribution is -2.36. The smallest absolute Gasteiger partial charge is 0.408 e. The minimum absolute atomic E-state index is 0.202. The van der Waals surface area contributed by atoms with Crippen LogP contribution >= 0.6 is 12.2 Å². The van der Waals surface area contributed by atoms with Gasteiger partial charge in [-0.2, -0.15) is 0 Å². The van der Waals surface area contributed by atoms with E-state index in [1.807, 2.05) is 31.2 Å². The highest BCUT2D eigenvalue weighted by molar-refractivity contribution is 7.80. The first kappa shape index (κ1) is 21.0. The molecule has 1 amide bonds. The summed E-state index contributed by atoms with van der Waals surface area (Å²) in [5.41, 5.74) is 1.70. The Kier molecular flexibility index (Phi) is 6.07. The van der Waals surface area contributed by atoms with Gasteiger partial charge in [0.25, 0.3) is 0 Å². The standard InChI is InChI=1S/C22H25FN2O3S/c1-13-20(29)24-18-12-15(8-9-19(18)27-13)17(25-21(26)28-22(2,3)4)11-14-6-5-7-16(23)10-14/h5-10,12-13,17H,11H2,1-4H3,(H,24,29)(H,25,26). The molecule has 1 heterocycles. The minimum Gasteiger partial charge on any atom is -0.481 e. The van der Waals surface area contributed by atoms with Crippen molar-refractivity contribution in [3.8, 4) is 5.75 Å². The lowest BCUT2D eigenvalue weighted by molar-refractivity contribution is 0.0503. The van der Waals surface area contributed by atoms with Crippen molar-refractivity contribution in [2.24, 2.45) is 0 Å². The van der Waals surface area contributed by atoms with Gasteiger partial charge in [-0.1, -0.05) is 30.4 Å². The zero-order chi connectivity index (χ0) is 21.2. The topological polar surface area (TPSA) is 59.6 Å². The minimum atomic E-state index is -0.624. The molecular weight excluding hydrogens is 391 g/mol. The van der Waals surface area contributed by atoms with Gasteiger partial charge in [-0.25, -0.2) is 9.18 Å². The molecule has 2 aromatic carbocycles. The van der Waals surface area contributed by atoms with Crippen LogP contribution in [0.25, 0.3) is 0 Å². The maximum absolute atomic E-state index is 13.7. The average molecular weight is 417 g/mol. The Hall–Kier alpha value is -2.67. The quantitative estimate of drug-likeness (QED) is 0.675. The lowest BCUT2D eigenvalue weighted by atomic mass is 9.98. The first-order chi connectivity index (χ1) is 13.6. The number of alkyl carbamates (subject to hydrolysis) is 1. The number of ether oxygens (including phenoxy) is 2. The Bertz CT molecular complexity index is 927. The van der Waals surface area contributed by atoms with Gasteiger partial charge in [0.05, 0.1) is 11.7 Å². The molecule has 2 unspecified atom stereocenters. The third kappa shape index (κ3) is 5.67. The highest BCUT2D eigenvalue weighted by Gasteiger charge is 2.24. The van der Waals surface area contributed by atoms with Gasteiger partial charge in [0, 0.05) is 0 Å². The summed E-state index contributed by atoms with van der Waals surface area (Å²) in [6.45, 7) is 7.28. The van der Waals surface area contributed by atoms with E-state index in [1.165, 1.54) is 12.1 Å². The van der Waals surface area contributed by atoms with Crippen LogP contribution in [-0.4, -0.2) is 22.8 Å². The van der Waals surface area contributed by atoms with Crippen molar-refractivity contribution >= 4 is 29.0 Å². The molecule has 1 aliphatic heterocycles. The fraction of sp³-hybridized carbons (Fsp3) is 0.364. The van der Waals surface area contributed by atoms with Crippen LogP contribution in [-0.2, 0) is 11.2 Å². The second-order valence-electron chi connectivity index (χ2n) is 8.04. The van der Waals surface area contributed by atoms with Crippen molar-refractivity contribution in [1.82, 2.24) is 5.32 Å². The van der Waals surface area contributed by atoms with Crippen LogP contribution in [0.4, 0.5) is 14.9 Å². The predicted octanol–water partition coefficient (Wildman–Crippen LogP) is 5.15. The van der Waals surface area contributed by atoms with E-state index in [2.05, 4.69) is 10.6 Å². The van der Waals surface area contributed by atoms with Gasteiger partial charge in [0.15, 0.2) is 0 Å². The van der Waals surface area contributed by atoms with E-state index >= 15 is 0 Å². The molecule has 5 nitrogen and oxygen atoms in total. The SMILES string of the molecule is CC1Oc2ccc(C(Cc3cccc(F)c3)NC(=O)OC(C)(C)C)cc2NC1=S. The molecule has 0 aromatic heterocycles. The maximum Gasteiger partial charge on any atom is 0.408 e. The molecule has 0 radical (unpaired) electrons. The average Bonchev–Trinajstić information content (AvgIpc) is 2.60. The zero-order valence-corrected chi connectivity index (χ0v) is 17.7. The highest BCUT2D eigenvalue weighted by atomic mass is 32.1. The molecule has 3 rings (SSSR count). The fourth-order valence-corrected chi connectivity index (χ4v) is 3.20. The molecular formula is C22H25FN2O3S. The van der Waals surface area contributed by atoms with Crippen LogP contribution in [0.5, 0.6) is 5.75 Å². The first-order valence-corrected chi connectivity index (χ1v) is 9.87. The number of fused-ring (bicyclic) bond motifs is 1. The summed E-state index contributed by atoms with van der Waals surface area (Å²) in [6, 6.07) is 11.5. The van der Waals surface area contributed by atoms with Crippen LogP contribution in [0, 0.1) is 5.82 Å². The van der Waals surface area contributed by atoms with Crippen molar-refractivity contribution in [3.05, 3.63) is 59.4 Å². The van der Waals surface area contributed by atoms with E-state index in [9.17, 15) is 9.18 Å². The molecule has 1 aliphatic rings. The van der Waals surface area contributed by atoms with Gasteiger partial charge < -0.3 is 20.1 Å². The number of hydrogen-bond donors (Lipinski definition) is 2. The number of halogens is 1. The zero-order valence-electron chi connectivity index (χ0n) is 16.9. The van der Waals surface area contributed by atoms with E-state index in [0.29, 0.717) is 17.2 Å². The second-order valence-corrected chi connectivity index (χ2v) is 8.48. The summed E-state index contributed by atoms with van der Waals surface area (Å²) in [5, 5.41) is 6.07. The van der Waals surface area contributed by atoms with Crippen molar-refractivity contribution < 1.29 is 18.7 Å². The Labute approximate surface area is 175 Å². The van der Waals surface area contributed by atoms with Crippen molar-refractivity contribution in [1.29, 1.82) is 0 Å². The van der Waals surface area contributed by atoms with Gasteiger partial charge >= 0.3 is 6.09 Å². The number of hydrogen-bond acceptors (Lipinski definition) is 4. The van der Waals surface area contributed by atoms with Crippen LogP contribution in [0.1, 0.15) is 44.9 Å². The summed E-state index contributed by atoms with van der Waals surface area (Å²) in [6.07, 6.45) is -0.339. The summed E-state index contributed by atoms with van der Waals surface area (Å²) < 4.78 is 24.9. The summed E-state index contributed by atoms with van der Waals surface area (Å²) >= 11 is 5.29. The molecule has 7 heteroatoms. The van der Waals surface area contributed by atoms with E-state index in [0.717, 1.165) is 16.8 Å². The normalized spacial score (nSPS) is 16.9. The molecule has 29 heavy (non-hydrogen) atoms. The fourth-order valence-electron chi connectivity index (χ4n) is 3.04. The molecule has 0 fully saturated rings. The van der Waals surface area contributed by atoms with E-state index < -0.39 is 17.7 Å². The summed E-state index contributed by atoms with van der Waals surface area (Å²) in [4.78, 5) is 13.0. The number of thiocarbonyl (C=S) groups is 1. The van der Waals surface area contributed by atoms with Gasteiger partial charge in [0.1, 0.15) is 28.3 Å². The van der Waals surface area contributed by atoms with E-state index in [1.54, 1.807) is 26.8 Å². The van der Waals surface area contributed by atoms with Crippen LogP contribution in [0.3, 0.4) is 0 Å². The first-order valence-electron chi connectivity index (χ1n) is 9.46. The molecule has 0 saturated heterocycles. The van der Waals surface area contributed by atoms with Gasteiger partial charge in [-0.3, -0.25) is 0 Å². The van der Waals surface area contributed by atoms with Crippen LogP contribution in [0.2, 0.25) is 0 Å². The molecule has 2 aromatic rings. The molecule has 2 N–H and O–H groups in total. The number of benzene rings is 2. The van der Waals surface area contributed by atoms with E-state index in [-0.39, 0.29) is 11.9 Å². The Morgan fingerprint density at radius 3 is 2.76 bits per heavy atom. The summed E-state index contributed by atoms with van der Waals surface area (Å²) in [7, 11) is 0. The molecule has 0 aliphatic carbocycles. The molecule has 154 valence electrons. The van der Waals surface area contributed by atoms with Gasteiger partial charge in [-0.15, -0.1) is 0 Å². The number of carbonyl (C=O) groups excluding carboxylic acids is 1. The highest BCUT2D eigenvalue weighted by Crippen LogP contribution is 2.33. The van der Waals surface area contributed by atoms with Crippen LogP contribution in [0.15, 0.2) is 42.5 Å². The van der Waals surface area contributed by atoms with Crippen LogP contribution < -0.4 is 15.4 Å². The molecule has 0 spiro atoms. The number of anilines is 1. The van der Waals surface area contributed by atoms with Crippen molar-refractivity contribution in [2.75, 3.05) is 5.32 Å². The number of rotatable bonds is 4. The second kappa shape index (κ2) is 8.37. The van der Waals surface area contributed by atoms with Crippen molar-refractivity contribution in [3.63, 3.8) is 0 Å². The molecule has 0 bridgehead atoms. The van der Waals surface area contributed by atoms with Gasteiger partial charge in [-0.05, 0) is 69.5 Å². The third-order valence-corrected chi connectivity index (χ3v) is 4.79. The number of amides is 1. The number of nitrogens with one attached hydrogen (secondary N) is 2. The maximum atomic E-state index is 13.7. The summed E-state index contributed by atoms with van der Waals surface area (Å²) in [5.74, 6) is 0.370. The van der Waals surface area contributed by atoms with Gasteiger partial charge in [0.2, 0.25) is 0 Å². The Morgan fingerprint density at radius 1 is 1.31 bits per heavy atom. The number of carbonyl (C=O) groups is 1. The largest absolute Gasteiger partial charge is 0.481 e. The van der Waals surface area contributed by atoms with Crippen molar-refractivity contribution in [2.45, 2.75) is 51.9 Å². The Balaban J connectivity index is 1.89. The van der Waals surface area contributed by atoms with E-state index in [4.69, 9.17) is 21.7 Å². The lowest BCUT2D eigenvalue weighted by Gasteiger charge is -2.28. The Morgan fingerprint density at radius 2 is 2.07 bits per heavy atom. The third-order valence-electron chi connectivity index (χ3n) is 4.36. The monoisotopic (exact) mass is 416 g/mol. The predicted molar refractivity (Wildman–Crippen MR) is 115 cm³/mol. The molecule has 0 saturated carbocycles.